The molecule has 0 amide bonds. The molecule has 0 fully saturated rings. The Morgan fingerprint density at radius 3 is 1.97 bits per heavy atom. The zero-order valence-electron chi connectivity index (χ0n) is 37.4. The highest BCUT2D eigenvalue weighted by molar-refractivity contribution is 7.26. The van der Waals surface area contributed by atoms with Gasteiger partial charge in [0.2, 0.25) is 0 Å². The van der Waals surface area contributed by atoms with Gasteiger partial charge in [0.15, 0.2) is 0 Å². The van der Waals surface area contributed by atoms with Gasteiger partial charge in [0, 0.05) is 31.5 Å². The van der Waals surface area contributed by atoms with Gasteiger partial charge >= 0.3 is 0 Å². The first-order chi connectivity index (χ1) is 32.4. The summed E-state index contributed by atoms with van der Waals surface area (Å²) in [5.41, 5.74) is 19.1. The highest BCUT2D eigenvalue weighted by Crippen LogP contribution is 2.62. The molecule has 0 bridgehead atoms. The Hall–Kier alpha value is -7.32. The predicted molar refractivity (Wildman–Crippen MR) is 282 cm³/mol. The average Bonchev–Trinajstić information content (AvgIpc) is 3.80. The van der Waals surface area contributed by atoms with E-state index in [0.717, 1.165) is 12.0 Å². The van der Waals surface area contributed by atoms with Crippen LogP contribution in [0.25, 0.3) is 53.6 Å². The average molecular weight is 863 g/mol. The van der Waals surface area contributed by atoms with E-state index >= 15 is 0 Å². The molecule has 3 aliphatic carbocycles. The van der Waals surface area contributed by atoms with Crippen molar-refractivity contribution in [3.8, 4) is 22.3 Å². The number of fused-ring (bicyclic) bond motifs is 12. The van der Waals surface area contributed by atoms with Crippen LogP contribution in [0.1, 0.15) is 76.3 Å². The van der Waals surface area contributed by atoms with E-state index in [-0.39, 0.29) is 17.3 Å². The molecule has 0 aliphatic heterocycles. The van der Waals surface area contributed by atoms with Gasteiger partial charge < -0.3 is 0 Å². The van der Waals surface area contributed by atoms with Crippen molar-refractivity contribution in [2.45, 2.75) is 37.0 Å². The predicted octanol–water partition coefficient (Wildman–Crippen LogP) is 17.3. The third-order valence-electron chi connectivity index (χ3n) is 14.8. The van der Waals surface area contributed by atoms with Crippen LogP contribution >= 0.6 is 11.3 Å². The minimum Gasteiger partial charge on any atom is -0.135 e. The Bertz CT molecular complexity index is 3440. The van der Waals surface area contributed by atoms with E-state index in [1.165, 1.54) is 98.1 Å². The van der Waals surface area contributed by atoms with Gasteiger partial charge in [-0.05, 0) is 108 Å². The molecule has 0 N–H and O–H groups in total. The minimum absolute atomic E-state index is 0.123. The second-order valence-electron chi connectivity index (χ2n) is 18.7. The molecule has 12 rings (SSSR count). The number of rotatable bonds is 7. The molecule has 0 saturated heterocycles. The molecular weight excluding hydrogens is 813 g/mol. The van der Waals surface area contributed by atoms with E-state index in [4.69, 9.17) is 0 Å². The molecule has 2 unspecified atom stereocenters. The maximum Gasteiger partial charge on any atom is 0.0719 e. The second kappa shape index (κ2) is 16.0. The van der Waals surface area contributed by atoms with Gasteiger partial charge in [0.05, 0.1) is 5.41 Å². The molecule has 316 valence electrons. The van der Waals surface area contributed by atoms with Crippen LogP contribution < -0.4 is 0 Å². The quantitative estimate of drug-likeness (QED) is 0.140. The van der Waals surface area contributed by atoms with Gasteiger partial charge in [-0.3, -0.25) is 0 Å². The van der Waals surface area contributed by atoms with Gasteiger partial charge in [0.1, 0.15) is 0 Å². The first-order valence-corrected chi connectivity index (χ1v) is 24.2. The topological polar surface area (TPSA) is 0 Å². The first kappa shape index (κ1) is 40.2. The van der Waals surface area contributed by atoms with Gasteiger partial charge in [0.25, 0.3) is 0 Å². The summed E-state index contributed by atoms with van der Waals surface area (Å²) >= 11 is 1.89. The molecule has 1 heterocycles. The SMILES string of the molecule is C=C/C=C(\C=C/C1C=CC(c2ccccc2)=CC(c2ccc(-c3cccc4c3sc3ccccc34)cc2)C1)c1ccc2c(c1)-c1ccccc1C21c2ccccc2C(C)(C)c2ccccc21. The Balaban J connectivity index is 0.904. The van der Waals surface area contributed by atoms with Crippen molar-refractivity contribution in [1.82, 2.24) is 0 Å². The lowest BCUT2D eigenvalue weighted by Crippen LogP contribution is -2.40. The van der Waals surface area contributed by atoms with E-state index in [1.807, 2.05) is 17.4 Å². The molecule has 0 nitrogen and oxygen atoms in total. The summed E-state index contributed by atoms with van der Waals surface area (Å²) in [7, 11) is 0. The number of thiophene rings is 1. The smallest absolute Gasteiger partial charge is 0.0719 e. The molecule has 9 aromatic rings. The molecule has 8 aromatic carbocycles. The van der Waals surface area contributed by atoms with Crippen molar-refractivity contribution < 1.29 is 0 Å². The van der Waals surface area contributed by atoms with Crippen LogP contribution in [0.5, 0.6) is 0 Å². The summed E-state index contributed by atoms with van der Waals surface area (Å²) in [5, 5.41) is 2.67. The molecule has 3 aliphatic rings. The van der Waals surface area contributed by atoms with Crippen LogP contribution in [0.4, 0.5) is 0 Å². The van der Waals surface area contributed by atoms with Crippen molar-refractivity contribution in [1.29, 1.82) is 0 Å². The van der Waals surface area contributed by atoms with Gasteiger partial charge in [-0.2, -0.15) is 0 Å². The maximum absolute atomic E-state index is 4.20. The van der Waals surface area contributed by atoms with E-state index in [9.17, 15) is 0 Å². The van der Waals surface area contributed by atoms with E-state index < -0.39 is 5.41 Å². The van der Waals surface area contributed by atoms with Crippen LogP contribution in [0, 0.1) is 5.92 Å². The Kier molecular flexibility index (Phi) is 9.74. The number of benzene rings is 8. The van der Waals surface area contributed by atoms with Crippen LogP contribution in [0.3, 0.4) is 0 Å². The molecule has 0 saturated carbocycles. The molecular formula is C65H50S. The second-order valence-corrected chi connectivity index (χ2v) is 19.8. The minimum atomic E-state index is -0.404. The molecule has 1 heteroatoms. The number of allylic oxidation sites excluding steroid dienone is 9. The van der Waals surface area contributed by atoms with Crippen molar-refractivity contribution >= 4 is 42.7 Å². The highest BCUT2D eigenvalue weighted by atomic mass is 32.1. The largest absolute Gasteiger partial charge is 0.135 e. The third-order valence-corrected chi connectivity index (χ3v) is 16.0. The molecule has 2 atom stereocenters. The lowest BCUT2D eigenvalue weighted by molar-refractivity contribution is 0.563. The van der Waals surface area contributed by atoms with Crippen LogP contribution in [0.2, 0.25) is 0 Å². The highest BCUT2D eigenvalue weighted by Gasteiger charge is 2.53. The van der Waals surface area contributed by atoms with Crippen LogP contribution in [0.15, 0.2) is 237 Å². The fraction of sp³-hybridized carbons (Fsp3) is 0.108. The van der Waals surface area contributed by atoms with Gasteiger partial charge in [-0.1, -0.05) is 239 Å². The standard InChI is InChI=1S/C65H50S/c1-4-17-44(49-38-39-57-55(42-49)52-20-8-10-24-56(52)65(57)60-27-13-11-25-58(60)64(2,3)59-26-12-14-28-61(59)65)32-30-43-31-33-48(45-18-6-5-7-19-45)41-50(40-43)46-34-36-47(37-35-46)51-22-16-23-54-53-21-9-15-29-62(53)66-63(51)54/h4-39,41-43,50H,1,40H2,2-3H3/b32-30-,44-17+. The summed E-state index contributed by atoms with van der Waals surface area (Å²) in [5.74, 6) is 0.439. The van der Waals surface area contributed by atoms with Gasteiger partial charge in [-0.15, -0.1) is 11.3 Å². The molecule has 1 aromatic heterocycles. The molecule has 1 spiro atoms. The van der Waals surface area contributed by atoms with E-state index in [2.05, 4.69) is 245 Å². The lowest BCUT2D eigenvalue weighted by atomic mass is 9.55. The monoisotopic (exact) mass is 862 g/mol. The van der Waals surface area contributed by atoms with Crippen molar-refractivity contribution in [2.75, 3.05) is 0 Å². The lowest BCUT2D eigenvalue weighted by Gasteiger charge is -2.46. The van der Waals surface area contributed by atoms with Gasteiger partial charge in [-0.25, -0.2) is 0 Å². The zero-order chi connectivity index (χ0) is 44.4. The maximum atomic E-state index is 4.20. The Morgan fingerprint density at radius 2 is 1.21 bits per heavy atom. The third kappa shape index (κ3) is 6.33. The first-order valence-electron chi connectivity index (χ1n) is 23.3. The van der Waals surface area contributed by atoms with E-state index in [0.29, 0.717) is 0 Å². The normalized spacial score (nSPS) is 17.8. The van der Waals surface area contributed by atoms with Crippen LogP contribution in [-0.2, 0) is 10.8 Å². The summed E-state index contributed by atoms with van der Waals surface area (Å²) in [6.07, 6.45) is 17.0. The van der Waals surface area contributed by atoms with Crippen molar-refractivity contribution in [3.63, 3.8) is 0 Å². The summed E-state index contributed by atoms with van der Waals surface area (Å²) < 4.78 is 2.69. The van der Waals surface area contributed by atoms with Crippen LogP contribution in [-0.4, -0.2) is 0 Å². The molecule has 0 radical (unpaired) electrons. The number of hydrogen-bond donors (Lipinski definition) is 0. The summed E-state index contributed by atoms with van der Waals surface area (Å²) in [6, 6.07) is 70.4. The summed E-state index contributed by atoms with van der Waals surface area (Å²) in [4.78, 5) is 0. The van der Waals surface area contributed by atoms with Crippen molar-refractivity contribution in [3.05, 3.63) is 287 Å². The Morgan fingerprint density at radius 1 is 0.576 bits per heavy atom. The summed E-state index contributed by atoms with van der Waals surface area (Å²) in [6.45, 7) is 8.97. The van der Waals surface area contributed by atoms with Crippen molar-refractivity contribution in [2.24, 2.45) is 5.92 Å². The Labute approximate surface area is 393 Å². The van der Waals surface area contributed by atoms with E-state index in [1.54, 1.807) is 0 Å². The zero-order valence-corrected chi connectivity index (χ0v) is 38.2. The fourth-order valence-electron chi connectivity index (χ4n) is 11.7. The fourth-order valence-corrected chi connectivity index (χ4v) is 12.9. The number of hydrogen-bond acceptors (Lipinski definition) is 1. The molecule has 66 heavy (non-hydrogen) atoms.